The maximum atomic E-state index is 12.9. The molecule has 1 atom stereocenters. The van der Waals surface area contributed by atoms with Gasteiger partial charge in [0.2, 0.25) is 11.7 Å². The lowest BCUT2D eigenvalue weighted by molar-refractivity contribution is -0.139. The Morgan fingerprint density at radius 3 is 2.62 bits per heavy atom. The molecule has 3 N–H and O–H groups in total. The second kappa shape index (κ2) is 14.7. The topological polar surface area (TPSA) is 122 Å². The van der Waals surface area contributed by atoms with Crippen molar-refractivity contribution >= 4 is 23.6 Å². The van der Waals surface area contributed by atoms with Crippen molar-refractivity contribution in [2.45, 2.75) is 59.3 Å². The molecule has 8 heteroatoms. The molecule has 1 heterocycles. The first-order chi connectivity index (χ1) is 16.2. The molecule has 8 nitrogen and oxygen atoms in total. The van der Waals surface area contributed by atoms with Crippen LogP contribution in [0.15, 0.2) is 65.1 Å². The highest BCUT2D eigenvalue weighted by molar-refractivity contribution is 6.43. The lowest BCUT2D eigenvalue weighted by Crippen LogP contribution is -2.37. The van der Waals surface area contributed by atoms with Gasteiger partial charge in [-0.1, -0.05) is 44.1 Å². The predicted octanol–water partition coefficient (Wildman–Crippen LogP) is 4.27. The summed E-state index contributed by atoms with van der Waals surface area (Å²) >= 11 is 0. The highest BCUT2D eigenvalue weighted by atomic mass is 16.5. The molecule has 0 aromatic carbocycles. The Morgan fingerprint density at radius 2 is 2.00 bits per heavy atom. The number of primary amides is 1. The van der Waals surface area contributed by atoms with Crippen molar-refractivity contribution in [3.8, 4) is 0 Å². The maximum absolute atomic E-state index is 12.9. The fourth-order valence-corrected chi connectivity index (χ4v) is 3.92. The number of hydrogen-bond acceptors (Lipinski definition) is 6. The van der Waals surface area contributed by atoms with Gasteiger partial charge in [0.05, 0.1) is 5.70 Å². The summed E-state index contributed by atoms with van der Waals surface area (Å²) in [5, 5.41) is 9.11. The largest absolute Gasteiger partial charge is 0.479 e. The van der Waals surface area contributed by atoms with Crippen LogP contribution in [0.4, 0.5) is 0 Å². The molecule has 0 fully saturated rings. The van der Waals surface area contributed by atoms with E-state index in [9.17, 15) is 14.4 Å². The lowest BCUT2D eigenvalue weighted by atomic mass is 9.89. The summed E-state index contributed by atoms with van der Waals surface area (Å²) in [6.45, 7) is 11.5. The van der Waals surface area contributed by atoms with Gasteiger partial charge in [-0.2, -0.15) is 0 Å². The van der Waals surface area contributed by atoms with Gasteiger partial charge >= 0.3 is 5.97 Å². The van der Waals surface area contributed by atoms with E-state index in [1.54, 1.807) is 13.1 Å². The number of amides is 1. The first-order valence-electron chi connectivity index (χ1n) is 11.5. The van der Waals surface area contributed by atoms with Crippen LogP contribution in [-0.4, -0.2) is 46.7 Å². The number of nitrogens with two attached hydrogens (primary N) is 1. The molecule has 1 unspecified atom stereocenters. The Bertz CT molecular complexity index is 911. The monoisotopic (exact) mass is 471 g/mol. The van der Waals surface area contributed by atoms with Gasteiger partial charge in [0.1, 0.15) is 5.70 Å². The Labute approximate surface area is 202 Å². The van der Waals surface area contributed by atoms with Crippen LogP contribution in [0.1, 0.15) is 59.3 Å². The summed E-state index contributed by atoms with van der Waals surface area (Å²) in [4.78, 5) is 42.1. The zero-order chi connectivity index (χ0) is 25.7. The number of carbonyl (C=O) groups excluding carboxylic acids is 2. The van der Waals surface area contributed by atoms with E-state index in [0.717, 1.165) is 32.1 Å². The van der Waals surface area contributed by atoms with Crippen LogP contribution in [0.2, 0.25) is 0 Å². The van der Waals surface area contributed by atoms with E-state index in [1.807, 2.05) is 18.7 Å². The number of carboxylic acid groups (broad SMARTS) is 1. The molecule has 0 radical (unpaired) electrons. The van der Waals surface area contributed by atoms with E-state index in [2.05, 4.69) is 36.4 Å². The fraction of sp³-hybridized carbons (Fsp3) is 0.462. The molecule has 0 aromatic rings. The molecule has 1 aliphatic carbocycles. The number of aliphatic imine (C=N–C) groups is 1. The normalized spacial score (nSPS) is 17.7. The molecule has 0 bridgehead atoms. The van der Waals surface area contributed by atoms with Gasteiger partial charge in [-0.15, -0.1) is 13.2 Å². The van der Waals surface area contributed by atoms with Gasteiger partial charge in [0, 0.05) is 18.3 Å². The Balaban J connectivity index is 0.00000281. The minimum absolute atomic E-state index is 0.0245. The number of nitrogens with zero attached hydrogens (tertiary/aromatic N) is 2. The number of hydrogen-bond donors (Lipinski definition) is 2. The predicted molar refractivity (Wildman–Crippen MR) is 134 cm³/mol. The number of ketones is 1. The third-order valence-electron chi connectivity index (χ3n) is 5.40. The van der Waals surface area contributed by atoms with Crippen LogP contribution < -0.4 is 5.73 Å². The first kappa shape index (κ1) is 28.6. The Hall–Kier alpha value is -3.42. The molecule has 0 saturated carbocycles. The van der Waals surface area contributed by atoms with E-state index in [-0.39, 0.29) is 17.4 Å². The van der Waals surface area contributed by atoms with Crippen molar-refractivity contribution in [3.05, 3.63) is 60.1 Å². The number of aliphatic carboxylic acids is 1. The zero-order valence-corrected chi connectivity index (χ0v) is 20.5. The van der Waals surface area contributed by atoms with E-state index in [0.29, 0.717) is 24.4 Å². The van der Waals surface area contributed by atoms with E-state index < -0.39 is 24.3 Å². The van der Waals surface area contributed by atoms with Crippen molar-refractivity contribution in [2.75, 3.05) is 13.2 Å². The van der Waals surface area contributed by atoms with Crippen molar-refractivity contribution < 1.29 is 24.2 Å². The summed E-state index contributed by atoms with van der Waals surface area (Å²) in [7, 11) is 0. The van der Waals surface area contributed by atoms with Crippen molar-refractivity contribution in [3.63, 3.8) is 0 Å². The molecule has 1 amide bonds. The van der Waals surface area contributed by atoms with Gasteiger partial charge in [0.25, 0.3) is 5.91 Å². The molecule has 2 aliphatic rings. The van der Waals surface area contributed by atoms with Crippen LogP contribution in [0.25, 0.3) is 0 Å². The van der Waals surface area contributed by atoms with Crippen molar-refractivity contribution in [1.29, 1.82) is 0 Å². The number of carbonyl (C=O) groups is 3. The van der Waals surface area contributed by atoms with Gasteiger partial charge < -0.3 is 20.5 Å². The quantitative estimate of drug-likeness (QED) is 0.279. The van der Waals surface area contributed by atoms with Gasteiger partial charge in [-0.25, -0.2) is 9.79 Å². The van der Waals surface area contributed by atoms with Crippen molar-refractivity contribution in [2.24, 2.45) is 16.6 Å². The summed E-state index contributed by atoms with van der Waals surface area (Å²) in [5.74, 6) is -3.28. The summed E-state index contributed by atoms with van der Waals surface area (Å²) < 4.78 is 5.49. The van der Waals surface area contributed by atoms with Crippen LogP contribution in [0.5, 0.6) is 0 Å². The van der Waals surface area contributed by atoms with Crippen LogP contribution in [-0.2, 0) is 19.1 Å². The van der Waals surface area contributed by atoms with Crippen LogP contribution >= 0.6 is 0 Å². The number of Topliss-reactive ketones (excluding diaryl/α,β-unsaturated/α-hetero) is 1. The SMILES string of the molecule is C=C.CCCC(C)/C(C(=O)C(N)=O)=C1/C(OCC(=O)O)=NC(C)=CN1CCC1=CCC=CCC1. The fourth-order valence-electron chi connectivity index (χ4n) is 3.92. The van der Waals surface area contributed by atoms with Gasteiger partial charge in [-0.3, -0.25) is 9.59 Å². The van der Waals surface area contributed by atoms with Gasteiger partial charge in [-0.05, 0) is 44.9 Å². The van der Waals surface area contributed by atoms with Crippen LogP contribution in [0.3, 0.4) is 0 Å². The molecular formula is C26H37N3O5. The van der Waals surface area contributed by atoms with E-state index in [1.165, 1.54) is 5.57 Å². The number of allylic oxidation sites excluding steroid dienone is 4. The number of rotatable bonds is 10. The molecule has 186 valence electrons. The highest BCUT2D eigenvalue weighted by Gasteiger charge is 2.33. The molecule has 0 spiro atoms. The molecule has 34 heavy (non-hydrogen) atoms. The minimum Gasteiger partial charge on any atom is -0.479 e. The first-order valence-corrected chi connectivity index (χ1v) is 11.5. The second-order valence-corrected chi connectivity index (χ2v) is 8.07. The smallest absolute Gasteiger partial charge is 0.341 e. The average Bonchev–Trinajstić information content (AvgIpc) is 3.07. The molecule has 0 saturated heterocycles. The maximum Gasteiger partial charge on any atom is 0.341 e. The van der Waals surface area contributed by atoms with Gasteiger partial charge in [0.15, 0.2) is 6.61 Å². The average molecular weight is 472 g/mol. The van der Waals surface area contributed by atoms with Crippen molar-refractivity contribution in [1.82, 2.24) is 4.90 Å². The third-order valence-corrected chi connectivity index (χ3v) is 5.40. The summed E-state index contributed by atoms with van der Waals surface area (Å²) in [6.07, 6.45) is 13.3. The summed E-state index contributed by atoms with van der Waals surface area (Å²) in [5.41, 5.74) is 7.83. The minimum atomic E-state index is -1.16. The molecule has 1 aliphatic heterocycles. The lowest BCUT2D eigenvalue weighted by Gasteiger charge is -2.31. The molecule has 2 rings (SSSR count). The molecular weight excluding hydrogens is 434 g/mol. The van der Waals surface area contributed by atoms with E-state index >= 15 is 0 Å². The number of ether oxygens (including phenoxy) is 1. The standard InChI is InChI=1S/C24H33N3O5.C2H4/c1-4-9-16(2)20(22(30)23(25)31)21-24(32-15-19(28)29)26-17(3)14-27(21)13-12-18-10-7-5-6-8-11-18;1-2/h5-6,10,14,16H,4,7-9,11-13,15H2,1-3H3,(H2,25,31)(H,28,29);1-2H2/b21-20+;. The second-order valence-electron chi connectivity index (χ2n) is 8.07. The highest BCUT2D eigenvalue weighted by Crippen LogP contribution is 2.30. The summed E-state index contributed by atoms with van der Waals surface area (Å²) in [6, 6.07) is 0. The number of carboxylic acids is 1. The van der Waals surface area contributed by atoms with E-state index in [4.69, 9.17) is 15.6 Å². The Morgan fingerprint density at radius 1 is 1.29 bits per heavy atom. The van der Waals surface area contributed by atoms with Crippen LogP contribution in [0, 0.1) is 5.92 Å². The third kappa shape index (κ3) is 8.50. The zero-order valence-electron chi connectivity index (χ0n) is 20.5. The Kier molecular flexibility index (Phi) is 12.3. The molecule has 0 aromatic heterocycles.